The molecule has 0 spiro atoms. The average molecular weight is 242 g/mol. The second-order valence-electron chi connectivity index (χ2n) is 3.32. The topological polar surface area (TPSA) is 85.3 Å². The Morgan fingerprint density at radius 1 is 1.14 bits per heavy atom. The molecule has 0 bridgehead atoms. The zero-order chi connectivity index (χ0) is 11.6. The summed E-state index contributed by atoms with van der Waals surface area (Å²) in [6.45, 7) is 1.26. The summed E-state index contributed by atoms with van der Waals surface area (Å²) in [5.74, 6) is -0.857. The summed E-state index contributed by atoms with van der Waals surface area (Å²) in [7, 11) is -6.63. The minimum atomic E-state index is -3.41. The molecule has 0 rings (SSSR count). The highest BCUT2D eigenvalue weighted by atomic mass is 32.2. The van der Waals surface area contributed by atoms with Gasteiger partial charge in [-0.05, 0) is 6.92 Å². The lowest BCUT2D eigenvalue weighted by molar-refractivity contribution is -0.118. The van der Waals surface area contributed by atoms with E-state index in [1.54, 1.807) is 0 Å². The predicted octanol–water partition coefficient (Wildman–Crippen LogP) is -0.577. The summed E-state index contributed by atoms with van der Waals surface area (Å²) in [6.07, 6.45) is 1.72. The lowest BCUT2D eigenvalue weighted by atomic mass is 10.2. The maximum atomic E-state index is 11.2. The molecule has 0 aliphatic heterocycles. The van der Waals surface area contributed by atoms with Crippen molar-refractivity contribution in [2.75, 3.05) is 18.3 Å². The SMILES string of the molecule is CC(C(=O)CCS(C)(=O)=O)S(C)(=O)=O. The van der Waals surface area contributed by atoms with E-state index in [1.807, 2.05) is 0 Å². The molecule has 84 valence electrons. The molecular formula is C7H14O5S2. The molecular weight excluding hydrogens is 228 g/mol. The van der Waals surface area contributed by atoms with Gasteiger partial charge in [0, 0.05) is 18.9 Å². The summed E-state index contributed by atoms with van der Waals surface area (Å²) in [6, 6.07) is 0. The van der Waals surface area contributed by atoms with Crippen molar-refractivity contribution in [2.45, 2.75) is 18.6 Å². The third-order valence-electron chi connectivity index (χ3n) is 1.81. The third kappa shape index (κ3) is 5.33. The van der Waals surface area contributed by atoms with Crippen LogP contribution in [-0.2, 0) is 24.5 Å². The van der Waals surface area contributed by atoms with Gasteiger partial charge in [-0.15, -0.1) is 0 Å². The van der Waals surface area contributed by atoms with Gasteiger partial charge in [0.15, 0.2) is 15.6 Å². The fourth-order valence-corrected chi connectivity index (χ4v) is 1.90. The fourth-order valence-electron chi connectivity index (χ4n) is 0.728. The highest BCUT2D eigenvalue weighted by Gasteiger charge is 2.23. The summed E-state index contributed by atoms with van der Waals surface area (Å²) in [5, 5.41) is -1.12. The molecule has 5 nitrogen and oxygen atoms in total. The van der Waals surface area contributed by atoms with Crippen LogP contribution >= 0.6 is 0 Å². The van der Waals surface area contributed by atoms with E-state index in [1.165, 1.54) is 6.92 Å². The quantitative estimate of drug-likeness (QED) is 0.644. The van der Waals surface area contributed by atoms with Gasteiger partial charge in [-0.2, -0.15) is 0 Å². The van der Waals surface area contributed by atoms with Gasteiger partial charge in [-0.25, -0.2) is 16.8 Å². The van der Waals surface area contributed by atoms with E-state index in [2.05, 4.69) is 0 Å². The molecule has 0 saturated heterocycles. The van der Waals surface area contributed by atoms with Crippen LogP contribution in [0.4, 0.5) is 0 Å². The summed E-state index contributed by atoms with van der Waals surface area (Å²) < 4.78 is 43.3. The van der Waals surface area contributed by atoms with Crippen LogP contribution in [-0.4, -0.2) is 46.1 Å². The molecule has 0 saturated carbocycles. The van der Waals surface area contributed by atoms with Crippen LogP contribution in [0.15, 0.2) is 0 Å². The molecule has 14 heavy (non-hydrogen) atoms. The monoisotopic (exact) mass is 242 g/mol. The van der Waals surface area contributed by atoms with E-state index in [-0.39, 0.29) is 12.2 Å². The number of carbonyl (C=O) groups excluding carboxylic acids is 1. The molecule has 0 aromatic carbocycles. The van der Waals surface area contributed by atoms with Crippen LogP contribution in [0.2, 0.25) is 0 Å². The normalized spacial score (nSPS) is 15.1. The molecule has 0 fully saturated rings. The van der Waals surface area contributed by atoms with Crippen molar-refractivity contribution in [1.29, 1.82) is 0 Å². The highest BCUT2D eigenvalue weighted by Crippen LogP contribution is 2.03. The Bertz CT molecular complexity index is 403. The minimum Gasteiger partial charge on any atom is -0.298 e. The van der Waals surface area contributed by atoms with E-state index < -0.39 is 30.7 Å². The average Bonchev–Trinajstić information content (AvgIpc) is 1.95. The number of carbonyl (C=O) groups is 1. The van der Waals surface area contributed by atoms with Gasteiger partial charge in [-0.1, -0.05) is 0 Å². The first kappa shape index (κ1) is 13.6. The van der Waals surface area contributed by atoms with Gasteiger partial charge >= 0.3 is 0 Å². The number of sulfone groups is 2. The molecule has 0 aromatic rings. The molecule has 0 aromatic heterocycles. The Morgan fingerprint density at radius 2 is 1.57 bits per heavy atom. The number of ketones is 1. The molecule has 1 atom stereocenters. The Morgan fingerprint density at radius 3 is 1.86 bits per heavy atom. The molecule has 7 heteroatoms. The van der Waals surface area contributed by atoms with Crippen LogP contribution < -0.4 is 0 Å². The maximum Gasteiger partial charge on any atom is 0.157 e. The Labute approximate surface area is 84.3 Å². The van der Waals surface area contributed by atoms with E-state index in [9.17, 15) is 21.6 Å². The molecule has 0 N–H and O–H groups in total. The summed E-state index contributed by atoms with van der Waals surface area (Å²) in [5.41, 5.74) is 0. The van der Waals surface area contributed by atoms with E-state index in [4.69, 9.17) is 0 Å². The molecule has 0 amide bonds. The van der Waals surface area contributed by atoms with Crippen LogP contribution in [0.1, 0.15) is 13.3 Å². The molecule has 1 unspecified atom stereocenters. The van der Waals surface area contributed by atoms with Crippen LogP contribution in [0.3, 0.4) is 0 Å². The molecule has 0 aliphatic rings. The second kappa shape index (κ2) is 4.39. The van der Waals surface area contributed by atoms with Gasteiger partial charge in [0.25, 0.3) is 0 Å². The molecule has 0 radical (unpaired) electrons. The number of rotatable bonds is 5. The van der Waals surface area contributed by atoms with E-state index in [0.29, 0.717) is 0 Å². The van der Waals surface area contributed by atoms with Crippen LogP contribution in [0.5, 0.6) is 0 Å². The van der Waals surface area contributed by atoms with Crippen molar-refractivity contribution in [1.82, 2.24) is 0 Å². The first-order chi connectivity index (χ1) is 6.04. The largest absolute Gasteiger partial charge is 0.298 e. The Kier molecular flexibility index (Phi) is 4.26. The highest BCUT2D eigenvalue weighted by molar-refractivity contribution is 7.92. The van der Waals surface area contributed by atoms with Crippen molar-refractivity contribution in [2.24, 2.45) is 0 Å². The minimum absolute atomic E-state index is 0.243. The number of hydrogen-bond donors (Lipinski definition) is 0. The van der Waals surface area contributed by atoms with E-state index in [0.717, 1.165) is 12.5 Å². The van der Waals surface area contributed by atoms with Gasteiger partial charge in [-0.3, -0.25) is 4.79 Å². The number of hydrogen-bond acceptors (Lipinski definition) is 5. The van der Waals surface area contributed by atoms with Gasteiger partial charge in [0.1, 0.15) is 15.1 Å². The fraction of sp³-hybridized carbons (Fsp3) is 0.857. The zero-order valence-corrected chi connectivity index (χ0v) is 9.98. The molecule has 0 heterocycles. The van der Waals surface area contributed by atoms with Crippen LogP contribution in [0, 0.1) is 0 Å². The van der Waals surface area contributed by atoms with Crippen LogP contribution in [0.25, 0.3) is 0 Å². The third-order valence-corrected chi connectivity index (χ3v) is 4.31. The smallest absolute Gasteiger partial charge is 0.157 e. The first-order valence-electron chi connectivity index (χ1n) is 3.93. The lowest BCUT2D eigenvalue weighted by Crippen LogP contribution is -2.27. The summed E-state index contributed by atoms with van der Waals surface area (Å²) >= 11 is 0. The van der Waals surface area contributed by atoms with Gasteiger partial charge in [0.2, 0.25) is 0 Å². The van der Waals surface area contributed by atoms with Crippen molar-refractivity contribution in [3.8, 4) is 0 Å². The van der Waals surface area contributed by atoms with Gasteiger partial charge in [0.05, 0.1) is 5.75 Å². The molecule has 0 aliphatic carbocycles. The van der Waals surface area contributed by atoms with Crippen molar-refractivity contribution in [3.05, 3.63) is 0 Å². The first-order valence-corrected chi connectivity index (χ1v) is 7.95. The zero-order valence-electron chi connectivity index (χ0n) is 8.35. The standard InChI is InChI=1S/C7H14O5S2/c1-6(14(3,11)12)7(8)4-5-13(2,9)10/h6H,4-5H2,1-3H3. The van der Waals surface area contributed by atoms with Gasteiger partial charge < -0.3 is 0 Å². The van der Waals surface area contributed by atoms with Crippen molar-refractivity contribution in [3.63, 3.8) is 0 Å². The summed E-state index contributed by atoms with van der Waals surface area (Å²) in [4.78, 5) is 11.2. The lowest BCUT2D eigenvalue weighted by Gasteiger charge is -2.06. The van der Waals surface area contributed by atoms with E-state index >= 15 is 0 Å². The predicted molar refractivity (Wildman–Crippen MR) is 53.6 cm³/mol. The van der Waals surface area contributed by atoms with Crippen molar-refractivity contribution >= 4 is 25.5 Å². The Hall–Kier alpha value is -0.430. The van der Waals surface area contributed by atoms with Crippen molar-refractivity contribution < 1.29 is 21.6 Å². The maximum absolute atomic E-state index is 11.2. The second-order valence-corrected chi connectivity index (χ2v) is 7.94. The Balaban J connectivity index is 4.40. The number of Topliss-reactive ketones (excluding diaryl/α,β-unsaturated/α-hetero) is 1.